The van der Waals surface area contributed by atoms with E-state index in [0.29, 0.717) is 28.2 Å². The number of rotatable bonds is 4. The fourth-order valence-corrected chi connectivity index (χ4v) is 2.19. The van der Waals surface area contributed by atoms with Gasteiger partial charge in [-0.3, -0.25) is 9.78 Å². The minimum absolute atomic E-state index is 0.0634. The number of hydrogen-bond acceptors (Lipinski definition) is 5. The molecule has 118 valence electrons. The number of H-pyrrole nitrogens is 1. The maximum atomic E-state index is 14.1. The molecule has 0 radical (unpaired) electrons. The van der Waals surface area contributed by atoms with Crippen LogP contribution in [0.1, 0.15) is 5.82 Å². The van der Waals surface area contributed by atoms with Crippen molar-refractivity contribution in [3.05, 3.63) is 58.7 Å². The second-order valence-electron chi connectivity index (χ2n) is 5.21. The van der Waals surface area contributed by atoms with Crippen molar-refractivity contribution in [2.75, 3.05) is 19.0 Å². The number of nitrogens with zero attached hydrogens (tertiary/aromatic N) is 3. The number of aromatic nitrogens is 3. The van der Waals surface area contributed by atoms with Gasteiger partial charge in [0.25, 0.3) is 5.56 Å². The summed E-state index contributed by atoms with van der Waals surface area (Å²) in [5.41, 5.74) is 0.300. The minimum atomic E-state index is -0.431. The zero-order valence-corrected chi connectivity index (χ0v) is 12.7. The second-order valence-corrected chi connectivity index (χ2v) is 5.21. The predicted molar refractivity (Wildman–Crippen MR) is 85.2 cm³/mol. The van der Waals surface area contributed by atoms with Crippen molar-refractivity contribution in [3.8, 4) is 5.75 Å². The van der Waals surface area contributed by atoms with E-state index in [-0.39, 0.29) is 12.2 Å². The molecule has 0 bridgehead atoms. The lowest BCUT2D eigenvalue weighted by Gasteiger charge is -2.14. The lowest BCUT2D eigenvalue weighted by atomic mass is 10.2. The van der Waals surface area contributed by atoms with Crippen molar-refractivity contribution in [1.29, 1.82) is 0 Å². The molecule has 23 heavy (non-hydrogen) atoms. The van der Waals surface area contributed by atoms with Crippen molar-refractivity contribution >= 4 is 16.6 Å². The summed E-state index contributed by atoms with van der Waals surface area (Å²) in [4.78, 5) is 24.6. The van der Waals surface area contributed by atoms with Crippen LogP contribution in [0.4, 0.5) is 10.1 Å². The van der Waals surface area contributed by atoms with Gasteiger partial charge in [0.05, 0.1) is 22.8 Å². The molecule has 0 atom stereocenters. The zero-order chi connectivity index (χ0) is 16.4. The number of aromatic amines is 1. The first-order valence-electron chi connectivity index (χ1n) is 6.97. The Labute approximate surface area is 131 Å². The Balaban J connectivity index is 1.95. The average molecular weight is 314 g/mol. The molecular formula is C16H15FN4O2. The first-order chi connectivity index (χ1) is 11.0. The van der Waals surface area contributed by atoms with Crippen LogP contribution in [0.15, 0.2) is 41.5 Å². The molecule has 1 aromatic carbocycles. The van der Waals surface area contributed by atoms with Crippen LogP contribution in [-0.4, -0.2) is 29.0 Å². The summed E-state index contributed by atoms with van der Waals surface area (Å²) >= 11 is 0. The first-order valence-corrected chi connectivity index (χ1v) is 6.97. The van der Waals surface area contributed by atoms with Gasteiger partial charge in [-0.2, -0.15) is 0 Å². The molecule has 0 amide bonds. The van der Waals surface area contributed by atoms with Crippen LogP contribution < -0.4 is 15.2 Å². The number of fused-ring (bicyclic) bond motifs is 1. The predicted octanol–water partition coefficient (Wildman–Crippen LogP) is 2.10. The third-order valence-corrected chi connectivity index (χ3v) is 3.31. The number of hydrogen-bond donors (Lipinski definition) is 1. The van der Waals surface area contributed by atoms with Gasteiger partial charge >= 0.3 is 0 Å². The van der Waals surface area contributed by atoms with E-state index in [1.807, 2.05) is 0 Å². The van der Waals surface area contributed by atoms with Crippen LogP contribution >= 0.6 is 0 Å². The Morgan fingerprint density at radius 2 is 2.17 bits per heavy atom. The van der Waals surface area contributed by atoms with E-state index in [2.05, 4.69) is 15.0 Å². The van der Waals surface area contributed by atoms with E-state index in [1.54, 1.807) is 43.5 Å². The third kappa shape index (κ3) is 3.13. The smallest absolute Gasteiger partial charge is 0.258 e. The standard InChI is InChI=1S/C16H15FN4O2/c1-21(2)14-6-11-13(7-12(14)17)19-15(20-16(11)22)9-23-10-4-3-5-18-8-10/h3-8H,9H2,1-2H3,(H,19,20,22). The normalized spacial score (nSPS) is 10.7. The molecule has 2 heterocycles. The summed E-state index contributed by atoms with van der Waals surface area (Å²) in [6, 6.07) is 6.23. The van der Waals surface area contributed by atoms with Crippen LogP contribution in [0.25, 0.3) is 10.9 Å². The Morgan fingerprint density at radius 1 is 1.35 bits per heavy atom. The number of ether oxygens (including phenoxy) is 1. The number of nitrogens with one attached hydrogen (secondary N) is 1. The van der Waals surface area contributed by atoms with Crippen LogP contribution in [-0.2, 0) is 6.61 Å². The quantitative estimate of drug-likeness (QED) is 0.798. The molecule has 0 aliphatic carbocycles. The molecule has 0 saturated heterocycles. The fourth-order valence-electron chi connectivity index (χ4n) is 2.19. The molecule has 0 saturated carbocycles. The lowest BCUT2D eigenvalue weighted by Crippen LogP contribution is -2.16. The van der Waals surface area contributed by atoms with Gasteiger partial charge in [0.1, 0.15) is 24.0 Å². The maximum absolute atomic E-state index is 14.1. The molecule has 3 rings (SSSR count). The van der Waals surface area contributed by atoms with Crippen molar-refractivity contribution in [2.24, 2.45) is 0 Å². The second kappa shape index (κ2) is 6.04. The van der Waals surface area contributed by atoms with E-state index in [9.17, 15) is 9.18 Å². The monoisotopic (exact) mass is 314 g/mol. The highest BCUT2D eigenvalue weighted by atomic mass is 19.1. The Kier molecular flexibility index (Phi) is 3.92. The van der Waals surface area contributed by atoms with Gasteiger partial charge in [-0.1, -0.05) is 0 Å². The highest BCUT2D eigenvalue weighted by Gasteiger charge is 2.11. The molecule has 0 aliphatic rings. The summed E-state index contributed by atoms with van der Waals surface area (Å²) in [6.45, 7) is 0.0634. The molecule has 0 spiro atoms. The zero-order valence-electron chi connectivity index (χ0n) is 12.7. The lowest BCUT2D eigenvalue weighted by molar-refractivity contribution is 0.295. The fraction of sp³-hybridized carbons (Fsp3) is 0.188. The molecule has 6 nitrogen and oxygen atoms in total. The van der Waals surface area contributed by atoms with Gasteiger partial charge in [-0.15, -0.1) is 0 Å². The molecule has 0 aliphatic heterocycles. The summed E-state index contributed by atoms with van der Waals surface area (Å²) in [5.74, 6) is 0.451. The van der Waals surface area contributed by atoms with Gasteiger partial charge in [0.2, 0.25) is 0 Å². The number of halogens is 1. The third-order valence-electron chi connectivity index (χ3n) is 3.31. The number of benzene rings is 1. The summed E-state index contributed by atoms with van der Waals surface area (Å²) in [5, 5.41) is 0.334. The molecule has 0 unspecified atom stereocenters. The SMILES string of the molecule is CN(C)c1cc2c(=O)[nH]c(COc3cccnc3)nc2cc1F. The van der Waals surface area contributed by atoms with Gasteiger partial charge in [0.15, 0.2) is 0 Å². The van der Waals surface area contributed by atoms with E-state index in [4.69, 9.17) is 4.74 Å². The van der Waals surface area contributed by atoms with Crippen LogP contribution in [0.5, 0.6) is 5.75 Å². The largest absolute Gasteiger partial charge is 0.484 e. The highest BCUT2D eigenvalue weighted by molar-refractivity contribution is 5.82. The molecule has 3 aromatic rings. The van der Waals surface area contributed by atoms with Crippen molar-refractivity contribution < 1.29 is 9.13 Å². The van der Waals surface area contributed by atoms with Gasteiger partial charge in [-0.05, 0) is 18.2 Å². The number of pyridine rings is 1. The van der Waals surface area contributed by atoms with Gasteiger partial charge in [-0.25, -0.2) is 9.37 Å². The molecular weight excluding hydrogens is 299 g/mol. The number of anilines is 1. The Bertz CT molecular complexity index is 894. The summed E-state index contributed by atoms with van der Waals surface area (Å²) < 4.78 is 19.5. The van der Waals surface area contributed by atoms with Crippen molar-refractivity contribution in [3.63, 3.8) is 0 Å². The molecule has 0 fully saturated rings. The topological polar surface area (TPSA) is 71.1 Å². The Morgan fingerprint density at radius 3 is 2.87 bits per heavy atom. The summed E-state index contributed by atoms with van der Waals surface area (Å²) in [6.07, 6.45) is 3.19. The van der Waals surface area contributed by atoms with Crippen molar-refractivity contribution in [2.45, 2.75) is 6.61 Å². The van der Waals surface area contributed by atoms with Crippen LogP contribution in [0.3, 0.4) is 0 Å². The highest BCUT2D eigenvalue weighted by Crippen LogP contribution is 2.21. The molecule has 1 N–H and O–H groups in total. The first kappa shape index (κ1) is 15.0. The minimum Gasteiger partial charge on any atom is -0.484 e. The summed E-state index contributed by atoms with van der Waals surface area (Å²) in [7, 11) is 3.42. The van der Waals surface area contributed by atoms with Gasteiger partial charge in [0, 0.05) is 26.4 Å². The van der Waals surface area contributed by atoms with E-state index in [0.717, 1.165) is 0 Å². The van der Waals surface area contributed by atoms with E-state index >= 15 is 0 Å². The van der Waals surface area contributed by atoms with Crippen LogP contribution in [0.2, 0.25) is 0 Å². The van der Waals surface area contributed by atoms with Crippen LogP contribution in [0, 0.1) is 5.82 Å². The van der Waals surface area contributed by atoms with Gasteiger partial charge < -0.3 is 14.6 Å². The molecule has 7 heteroatoms. The van der Waals surface area contributed by atoms with E-state index < -0.39 is 5.82 Å². The Hall–Kier alpha value is -2.96. The maximum Gasteiger partial charge on any atom is 0.258 e. The van der Waals surface area contributed by atoms with Crippen molar-refractivity contribution in [1.82, 2.24) is 15.0 Å². The van der Waals surface area contributed by atoms with E-state index in [1.165, 1.54) is 12.1 Å². The average Bonchev–Trinajstić information content (AvgIpc) is 2.53. The molecule has 2 aromatic heterocycles.